The van der Waals surface area contributed by atoms with Crippen molar-refractivity contribution in [3.8, 4) is 0 Å². The van der Waals surface area contributed by atoms with Crippen LogP contribution in [0.25, 0.3) is 0 Å². The predicted molar refractivity (Wildman–Crippen MR) is 80.3 cm³/mol. The van der Waals surface area contributed by atoms with Gasteiger partial charge >= 0.3 is 0 Å². The molecule has 5 nitrogen and oxygen atoms in total. The number of hydrogen-bond donors (Lipinski definition) is 2. The minimum atomic E-state index is 0.411. The normalized spacial score (nSPS) is 22.6. The third kappa shape index (κ3) is 4.24. The van der Waals surface area contributed by atoms with Gasteiger partial charge in [0.1, 0.15) is 18.2 Å². The van der Waals surface area contributed by atoms with E-state index in [2.05, 4.69) is 21.5 Å². The number of aromatic nitrogens is 2. The minimum absolute atomic E-state index is 0.411. The molecule has 2 rings (SSSR count). The van der Waals surface area contributed by atoms with Gasteiger partial charge in [-0.15, -0.1) is 0 Å². The molecule has 0 aromatic carbocycles. The highest BCUT2D eigenvalue weighted by atomic mass is 32.2. The number of nitrogens with one attached hydrogen (secondary N) is 1. The zero-order chi connectivity index (χ0) is 13.7. The number of thioether (sulfide) groups is 1. The van der Waals surface area contributed by atoms with Crippen molar-refractivity contribution in [2.75, 3.05) is 23.9 Å². The van der Waals surface area contributed by atoms with Crippen molar-refractivity contribution in [3.05, 3.63) is 11.9 Å². The van der Waals surface area contributed by atoms with E-state index in [-0.39, 0.29) is 0 Å². The van der Waals surface area contributed by atoms with Crippen LogP contribution in [0.1, 0.15) is 32.0 Å². The molecule has 3 N–H and O–H groups in total. The Labute approximate surface area is 118 Å². The molecule has 106 valence electrons. The lowest BCUT2D eigenvalue weighted by Crippen LogP contribution is -2.18. The Morgan fingerprint density at radius 3 is 3.00 bits per heavy atom. The van der Waals surface area contributed by atoms with Crippen LogP contribution in [-0.2, 0) is 11.3 Å². The van der Waals surface area contributed by atoms with E-state index in [1.54, 1.807) is 6.07 Å². The maximum Gasteiger partial charge on any atom is 0.158 e. The highest BCUT2D eigenvalue weighted by Crippen LogP contribution is 2.30. The SMILES string of the molecule is CCOCc1nc(N)cc(NC2CCC(SC)C2)n1. The first-order valence-electron chi connectivity index (χ1n) is 6.71. The van der Waals surface area contributed by atoms with Crippen molar-refractivity contribution < 1.29 is 4.74 Å². The summed E-state index contributed by atoms with van der Waals surface area (Å²) in [5.41, 5.74) is 5.81. The first-order chi connectivity index (χ1) is 9.21. The van der Waals surface area contributed by atoms with Crippen LogP contribution in [0.2, 0.25) is 0 Å². The molecular formula is C13H22N4OS. The summed E-state index contributed by atoms with van der Waals surface area (Å²) in [4.78, 5) is 8.63. The molecule has 2 unspecified atom stereocenters. The number of anilines is 2. The molecule has 0 saturated heterocycles. The minimum Gasteiger partial charge on any atom is -0.384 e. The monoisotopic (exact) mass is 282 g/mol. The first-order valence-corrected chi connectivity index (χ1v) is 8.00. The van der Waals surface area contributed by atoms with Crippen molar-refractivity contribution in [3.63, 3.8) is 0 Å². The van der Waals surface area contributed by atoms with Crippen LogP contribution in [0.5, 0.6) is 0 Å². The van der Waals surface area contributed by atoms with E-state index in [0.29, 0.717) is 30.9 Å². The zero-order valence-electron chi connectivity index (χ0n) is 11.6. The van der Waals surface area contributed by atoms with Crippen LogP contribution in [0.15, 0.2) is 6.07 Å². The molecule has 2 atom stereocenters. The van der Waals surface area contributed by atoms with Gasteiger partial charge in [0.25, 0.3) is 0 Å². The third-order valence-corrected chi connectivity index (χ3v) is 4.39. The van der Waals surface area contributed by atoms with E-state index >= 15 is 0 Å². The zero-order valence-corrected chi connectivity index (χ0v) is 12.4. The number of rotatable bonds is 6. The predicted octanol–water partition coefficient (Wildman–Crippen LogP) is 2.29. The van der Waals surface area contributed by atoms with Crippen molar-refractivity contribution in [1.29, 1.82) is 0 Å². The van der Waals surface area contributed by atoms with E-state index in [1.165, 1.54) is 19.3 Å². The molecule has 1 aromatic heterocycles. The second kappa shape index (κ2) is 6.96. The summed E-state index contributed by atoms with van der Waals surface area (Å²) in [6, 6.07) is 2.29. The summed E-state index contributed by atoms with van der Waals surface area (Å²) < 4.78 is 5.32. The second-order valence-corrected chi connectivity index (χ2v) is 5.88. The fourth-order valence-electron chi connectivity index (χ4n) is 2.34. The summed E-state index contributed by atoms with van der Waals surface area (Å²) in [7, 11) is 0. The summed E-state index contributed by atoms with van der Waals surface area (Å²) in [6.45, 7) is 3.01. The Hall–Kier alpha value is -1.01. The van der Waals surface area contributed by atoms with E-state index in [9.17, 15) is 0 Å². The molecular weight excluding hydrogens is 260 g/mol. The lowest BCUT2D eigenvalue weighted by atomic mass is 10.2. The largest absolute Gasteiger partial charge is 0.384 e. The summed E-state index contributed by atoms with van der Waals surface area (Å²) in [5.74, 6) is 1.95. The van der Waals surface area contributed by atoms with Crippen LogP contribution in [0.3, 0.4) is 0 Å². The molecule has 19 heavy (non-hydrogen) atoms. The standard InChI is InChI=1S/C13H22N4OS/c1-3-18-8-13-16-11(14)7-12(17-13)15-9-4-5-10(6-9)19-2/h7,9-10H,3-6,8H2,1-2H3,(H3,14,15,16,17). The smallest absolute Gasteiger partial charge is 0.158 e. The van der Waals surface area contributed by atoms with Crippen molar-refractivity contribution >= 4 is 23.4 Å². The quantitative estimate of drug-likeness (QED) is 0.834. The van der Waals surface area contributed by atoms with E-state index < -0.39 is 0 Å². The Bertz CT molecular complexity index is 416. The number of hydrogen-bond acceptors (Lipinski definition) is 6. The first kappa shape index (κ1) is 14.4. The van der Waals surface area contributed by atoms with Gasteiger partial charge < -0.3 is 15.8 Å². The van der Waals surface area contributed by atoms with Gasteiger partial charge in [-0.2, -0.15) is 11.8 Å². The summed E-state index contributed by atoms with van der Waals surface area (Å²) in [6.07, 6.45) is 5.82. The van der Waals surface area contributed by atoms with Gasteiger partial charge in [0.2, 0.25) is 0 Å². The molecule has 1 saturated carbocycles. The molecule has 1 aromatic rings. The molecule has 0 amide bonds. The third-order valence-electron chi connectivity index (χ3n) is 3.30. The van der Waals surface area contributed by atoms with Gasteiger partial charge in [-0.1, -0.05) is 0 Å². The Morgan fingerprint density at radius 1 is 1.47 bits per heavy atom. The number of ether oxygens (including phenoxy) is 1. The Kier molecular flexibility index (Phi) is 5.27. The molecule has 1 fully saturated rings. The van der Waals surface area contributed by atoms with E-state index in [1.807, 2.05) is 18.7 Å². The van der Waals surface area contributed by atoms with Crippen LogP contribution in [-0.4, -0.2) is 34.1 Å². The van der Waals surface area contributed by atoms with E-state index in [4.69, 9.17) is 10.5 Å². The highest BCUT2D eigenvalue weighted by Gasteiger charge is 2.24. The lowest BCUT2D eigenvalue weighted by Gasteiger charge is -2.14. The van der Waals surface area contributed by atoms with Gasteiger partial charge in [-0.3, -0.25) is 0 Å². The topological polar surface area (TPSA) is 73.1 Å². The maximum absolute atomic E-state index is 5.81. The molecule has 0 radical (unpaired) electrons. The van der Waals surface area contributed by atoms with Gasteiger partial charge in [0.05, 0.1) is 0 Å². The summed E-state index contributed by atoms with van der Waals surface area (Å²) in [5, 5.41) is 4.23. The molecule has 0 bridgehead atoms. The van der Waals surface area contributed by atoms with Crippen LogP contribution < -0.4 is 11.1 Å². The van der Waals surface area contributed by atoms with Gasteiger partial charge in [0, 0.05) is 24.0 Å². The van der Waals surface area contributed by atoms with Crippen molar-refractivity contribution in [1.82, 2.24) is 9.97 Å². The Balaban J connectivity index is 1.97. The number of nitrogen functional groups attached to an aromatic ring is 1. The number of nitrogens with zero attached hydrogens (tertiary/aromatic N) is 2. The van der Waals surface area contributed by atoms with E-state index in [0.717, 1.165) is 11.1 Å². The van der Waals surface area contributed by atoms with Crippen LogP contribution >= 0.6 is 11.8 Å². The molecule has 1 heterocycles. The summed E-state index contributed by atoms with van der Waals surface area (Å²) >= 11 is 1.95. The molecule has 0 spiro atoms. The van der Waals surface area contributed by atoms with Gasteiger partial charge in [-0.05, 0) is 32.4 Å². The van der Waals surface area contributed by atoms with Crippen molar-refractivity contribution in [2.24, 2.45) is 0 Å². The van der Waals surface area contributed by atoms with Crippen molar-refractivity contribution in [2.45, 2.75) is 44.1 Å². The molecule has 6 heteroatoms. The van der Waals surface area contributed by atoms with Crippen LogP contribution in [0, 0.1) is 0 Å². The lowest BCUT2D eigenvalue weighted by molar-refractivity contribution is 0.128. The highest BCUT2D eigenvalue weighted by molar-refractivity contribution is 7.99. The second-order valence-electron chi connectivity index (χ2n) is 4.74. The molecule has 1 aliphatic rings. The number of nitrogens with two attached hydrogens (primary N) is 1. The maximum atomic E-state index is 5.81. The average Bonchev–Trinajstić information content (AvgIpc) is 2.83. The fourth-order valence-corrected chi connectivity index (χ4v) is 3.14. The average molecular weight is 282 g/mol. The molecule has 0 aliphatic heterocycles. The van der Waals surface area contributed by atoms with Gasteiger partial charge in [-0.25, -0.2) is 9.97 Å². The van der Waals surface area contributed by atoms with Gasteiger partial charge in [0.15, 0.2) is 5.82 Å². The van der Waals surface area contributed by atoms with Crippen LogP contribution in [0.4, 0.5) is 11.6 Å². The Morgan fingerprint density at radius 2 is 2.32 bits per heavy atom. The fraction of sp³-hybridized carbons (Fsp3) is 0.692. The molecule has 1 aliphatic carbocycles.